The Balaban J connectivity index is 2.36. The van der Waals surface area contributed by atoms with Gasteiger partial charge < -0.3 is 10.1 Å². The lowest BCUT2D eigenvalue weighted by atomic mass is 10.3. The van der Waals surface area contributed by atoms with Gasteiger partial charge in [-0.05, 0) is 0 Å². The molecule has 20 heavy (non-hydrogen) atoms. The van der Waals surface area contributed by atoms with Crippen LogP contribution in [0.5, 0.6) is 11.6 Å². The van der Waals surface area contributed by atoms with Gasteiger partial charge in [0.1, 0.15) is 0 Å². The molecule has 1 aromatic carbocycles. The summed E-state index contributed by atoms with van der Waals surface area (Å²) in [5.41, 5.74) is -0.217. The van der Waals surface area contributed by atoms with Crippen LogP contribution in [-0.2, 0) is 0 Å². The van der Waals surface area contributed by atoms with E-state index in [1.165, 1.54) is 12.3 Å². The number of hydrogen-bond donors (Lipinski definition) is 1. The number of nitro benzene ring substituents is 1. The third-order valence-electron chi connectivity index (χ3n) is 2.25. The molecule has 0 aliphatic rings. The second kappa shape index (κ2) is 5.89. The van der Waals surface area contributed by atoms with E-state index in [9.17, 15) is 10.1 Å². The van der Waals surface area contributed by atoms with Crippen LogP contribution >= 0.6 is 23.2 Å². The van der Waals surface area contributed by atoms with Crippen LogP contribution < -0.4 is 10.1 Å². The zero-order valence-corrected chi connectivity index (χ0v) is 11.6. The number of halogens is 2. The Hall–Kier alpha value is -2.12. The number of non-ortho nitro benzene ring substituents is 1. The van der Waals surface area contributed by atoms with Crippen LogP contribution in [0.4, 0.5) is 11.6 Å². The Kier molecular flexibility index (Phi) is 4.21. The Bertz CT molecular complexity index is 643. The van der Waals surface area contributed by atoms with E-state index in [1.54, 1.807) is 7.05 Å². The van der Waals surface area contributed by atoms with Crippen LogP contribution in [0.2, 0.25) is 10.0 Å². The first-order valence-corrected chi connectivity index (χ1v) is 6.09. The topological polar surface area (TPSA) is 90.2 Å². The molecule has 104 valence electrons. The molecule has 0 saturated heterocycles. The summed E-state index contributed by atoms with van der Waals surface area (Å²) in [6, 6.07) is 3.82. The predicted molar refractivity (Wildman–Crippen MR) is 74.8 cm³/mol. The Morgan fingerprint density at radius 2 is 2.00 bits per heavy atom. The lowest BCUT2D eigenvalue weighted by Crippen LogP contribution is -1.98. The van der Waals surface area contributed by atoms with Crippen LogP contribution in [0, 0.1) is 10.1 Å². The largest absolute Gasteiger partial charge is 0.436 e. The van der Waals surface area contributed by atoms with Gasteiger partial charge >= 0.3 is 0 Å². The molecule has 7 nitrogen and oxygen atoms in total. The van der Waals surface area contributed by atoms with Gasteiger partial charge in [-0.2, -0.15) is 4.98 Å². The van der Waals surface area contributed by atoms with E-state index < -0.39 is 4.92 Å². The van der Waals surface area contributed by atoms with E-state index in [-0.39, 0.29) is 27.4 Å². The van der Waals surface area contributed by atoms with Crippen molar-refractivity contribution in [3.05, 3.63) is 44.6 Å². The summed E-state index contributed by atoms with van der Waals surface area (Å²) in [6.07, 6.45) is 1.49. The maximum absolute atomic E-state index is 10.7. The predicted octanol–water partition coefficient (Wildman–Crippen LogP) is 3.53. The van der Waals surface area contributed by atoms with Crippen LogP contribution in [0.1, 0.15) is 0 Å². The van der Waals surface area contributed by atoms with Crippen LogP contribution in [0.25, 0.3) is 0 Å². The quantitative estimate of drug-likeness (QED) is 0.685. The summed E-state index contributed by atoms with van der Waals surface area (Å²) in [5, 5.41) is 13.5. The van der Waals surface area contributed by atoms with E-state index in [1.807, 2.05) is 0 Å². The molecule has 2 aromatic rings. The highest BCUT2D eigenvalue weighted by molar-refractivity contribution is 6.37. The number of benzene rings is 1. The van der Waals surface area contributed by atoms with Crippen molar-refractivity contribution >= 4 is 34.8 Å². The highest BCUT2D eigenvalue weighted by atomic mass is 35.5. The average Bonchev–Trinajstić information content (AvgIpc) is 2.42. The number of aromatic nitrogens is 2. The van der Waals surface area contributed by atoms with Crippen LogP contribution in [0.15, 0.2) is 24.4 Å². The van der Waals surface area contributed by atoms with Crippen LogP contribution in [-0.4, -0.2) is 21.9 Å². The number of nitro groups is 1. The summed E-state index contributed by atoms with van der Waals surface area (Å²) in [6.45, 7) is 0. The molecule has 0 unspecified atom stereocenters. The van der Waals surface area contributed by atoms with Crippen LogP contribution in [0.3, 0.4) is 0 Å². The molecule has 0 bridgehead atoms. The first-order chi connectivity index (χ1) is 9.51. The number of nitrogens with one attached hydrogen (secondary N) is 1. The van der Waals surface area contributed by atoms with Crippen molar-refractivity contribution in [3.8, 4) is 11.6 Å². The lowest BCUT2D eigenvalue weighted by Gasteiger charge is -2.09. The van der Waals surface area contributed by atoms with Gasteiger partial charge in [0.05, 0.1) is 15.0 Å². The minimum absolute atomic E-state index is 0.0221. The van der Waals surface area contributed by atoms with Crippen molar-refractivity contribution in [1.82, 2.24) is 9.97 Å². The fourth-order valence-corrected chi connectivity index (χ4v) is 1.93. The molecule has 1 heterocycles. The molecule has 2 rings (SSSR count). The number of anilines is 1. The Morgan fingerprint density at radius 3 is 2.55 bits per heavy atom. The molecule has 0 aliphatic heterocycles. The fourth-order valence-electron chi connectivity index (χ4n) is 1.37. The number of hydrogen-bond acceptors (Lipinski definition) is 6. The molecule has 9 heteroatoms. The van der Waals surface area contributed by atoms with E-state index in [0.29, 0.717) is 5.95 Å². The number of rotatable bonds is 4. The van der Waals surface area contributed by atoms with Gasteiger partial charge in [-0.3, -0.25) is 10.1 Å². The van der Waals surface area contributed by atoms with Crippen molar-refractivity contribution in [2.45, 2.75) is 0 Å². The fraction of sp³-hybridized carbons (Fsp3) is 0.0909. The molecule has 0 spiro atoms. The number of nitrogens with zero attached hydrogens (tertiary/aromatic N) is 3. The molecule has 0 atom stereocenters. The highest BCUT2D eigenvalue weighted by Crippen LogP contribution is 2.38. The van der Waals surface area contributed by atoms with Crippen molar-refractivity contribution < 1.29 is 9.66 Å². The summed E-state index contributed by atoms with van der Waals surface area (Å²) in [4.78, 5) is 18.0. The lowest BCUT2D eigenvalue weighted by molar-refractivity contribution is -0.384. The van der Waals surface area contributed by atoms with Crippen molar-refractivity contribution in [3.63, 3.8) is 0 Å². The maximum Gasteiger partial charge on any atom is 0.272 e. The smallest absolute Gasteiger partial charge is 0.272 e. The minimum Gasteiger partial charge on any atom is -0.436 e. The van der Waals surface area contributed by atoms with E-state index in [4.69, 9.17) is 27.9 Å². The third kappa shape index (κ3) is 3.06. The molecule has 0 saturated carbocycles. The molecule has 0 radical (unpaired) electrons. The summed E-state index contributed by atoms with van der Waals surface area (Å²) < 4.78 is 5.44. The molecule has 0 amide bonds. The van der Waals surface area contributed by atoms with Crippen molar-refractivity contribution in [1.29, 1.82) is 0 Å². The molecule has 1 N–H and O–H groups in total. The summed E-state index contributed by atoms with van der Waals surface area (Å²) in [5.74, 6) is 0.665. The molecule has 0 aliphatic carbocycles. The Morgan fingerprint density at radius 1 is 1.35 bits per heavy atom. The van der Waals surface area contributed by atoms with Gasteiger partial charge in [0, 0.05) is 31.4 Å². The first-order valence-electron chi connectivity index (χ1n) is 5.33. The Labute approximate surface area is 123 Å². The molecule has 1 aromatic heterocycles. The van der Waals surface area contributed by atoms with Gasteiger partial charge in [-0.15, -0.1) is 0 Å². The summed E-state index contributed by atoms with van der Waals surface area (Å²) >= 11 is 11.9. The number of ether oxygens (including phenoxy) is 1. The van der Waals surface area contributed by atoms with Gasteiger partial charge in [0.2, 0.25) is 11.8 Å². The molecular weight excluding hydrogens is 307 g/mol. The van der Waals surface area contributed by atoms with Gasteiger partial charge in [0.25, 0.3) is 5.69 Å². The monoisotopic (exact) mass is 314 g/mol. The normalized spacial score (nSPS) is 10.2. The highest BCUT2D eigenvalue weighted by Gasteiger charge is 2.17. The van der Waals surface area contributed by atoms with Gasteiger partial charge in [-0.1, -0.05) is 23.2 Å². The van der Waals surface area contributed by atoms with Gasteiger partial charge in [0.15, 0.2) is 5.75 Å². The van der Waals surface area contributed by atoms with Crippen molar-refractivity contribution in [2.75, 3.05) is 12.4 Å². The summed E-state index contributed by atoms with van der Waals surface area (Å²) in [7, 11) is 1.66. The molecular formula is C11H8Cl2N4O3. The molecule has 0 fully saturated rings. The maximum atomic E-state index is 10.7. The van der Waals surface area contributed by atoms with Gasteiger partial charge in [-0.25, -0.2) is 4.98 Å². The standard InChI is InChI=1S/C11H8Cl2N4O3/c1-14-11-15-3-2-9(16-11)20-10-7(12)4-6(17(18)19)5-8(10)13/h2-5H,1H3,(H,14,15,16). The minimum atomic E-state index is -0.592. The first kappa shape index (κ1) is 14.3. The second-order valence-corrected chi connectivity index (χ2v) is 4.38. The van der Waals surface area contributed by atoms with E-state index >= 15 is 0 Å². The second-order valence-electron chi connectivity index (χ2n) is 3.57. The average molecular weight is 315 g/mol. The third-order valence-corrected chi connectivity index (χ3v) is 2.82. The van der Waals surface area contributed by atoms with Crippen molar-refractivity contribution in [2.24, 2.45) is 0 Å². The zero-order valence-electron chi connectivity index (χ0n) is 10.1. The van der Waals surface area contributed by atoms with E-state index in [2.05, 4.69) is 15.3 Å². The SMILES string of the molecule is CNc1nccc(Oc2c(Cl)cc([N+](=O)[O-])cc2Cl)n1. The van der Waals surface area contributed by atoms with E-state index in [0.717, 1.165) is 12.1 Å². The zero-order chi connectivity index (χ0) is 14.7.